The van der Waals surface area contributed by atoms with Crippen LogP contribution in [0.25, 0.3) is 77.2 Å². The maximum atomic E-state index is 6.76. The van der Waals surface area contributed by atoms with Crippen molar-refractivity contribution >= 4 is 49.8 Å². The normalized spacial score (nSPS) is 13.9. The molecule has 74 heavy (non-hydrogen) atoms. The summed E-state index contributed by atoms with van der Waals surface area (Å²) in [4.78, 5) is 2.54. The zero-order valence-corrected chi connectivity index (χ0v) is 40.3. The fourth-order valence-corrected chi connectivity index (χ4v) is 13.9. The van der Waals surface area contributed by atoms with E-state index in [1.165, 1.54) is 83.3 Å². The summed E-state index contributed by atoms with van der Waals surface area (Å²) in [7, 11) is 0. The van der Waals surface area contributed by atoms with Crippen LogP contribution in [0.5, 0.6) is 0 Å². The number of furan rings is 1. The highest BCUT2D eigenvalue weighted by atomic mass is 16.3. The van der Waals surface area contributed by atoms with Crippen LogP contribution in [-0.2, 0) is 10.8 Å². The van der Waals surface area contributed by atoms with E-state index in [0.29, 0.717) is 0 Å². The molecule has 1 spiro atoms. The number of benzene rings is 12. The third-order valence-corrected chi connectivity index (χ3v) is 16.7. The Morgan fingerprint density at radius 1 is 0.270 bits per heavy atom. The molecule has 344 valence electrons. The van der Waals surface area contributed by atoms with Crippen molar-refractivity contribution < 1.29 is 4.42 Å². The van der Waals surface area contributed by atoms with Crippen molar-refractivity contribution in [3.8, 4) is 44.5 Å². The van der Waals surface area contributed by atoms with Crippen molar-refractivity contribution in [2.75, 3.05) is 4.90 Å². The third-order valence-electron chi connectivity index (χ3n) is 16.7. The van der Waals surface area contributed by atoms with Crippen LogP contribution in [-0.4, -0.2) is 0 Å². The van der Waals surface area contributed by atoms with Gasteiger partial charge in [-0.2, -0.15) is 0 Å². The fourth-order valence-electron chi connectivity index (χ4n) is 13.9. The predicted octanol–water partition coefficient (Wildman–Crippen LogP) is 18.6. The van der Waals surface area contributed by atoms with Crippen LogP contribution in [0.4, 0.5) is 17.1 Å². The van der Waals surface area contributed by atoms with Gasteiger partial charge < -0.3 is 9.32 Å². The second-order valence-corrected chi connectivity index (χ2v) is 20.2. The van der Waals surface area contributed by atoms with E-state index in [1.807, 2.05) is 0 Å². The minimum absolute atomic E-state index is 0.514. The third kappa shape index (κ3) is 5.44. The van der Waals surface area contributed by atoms with Gasteiger partial charge in [0.2, 0.25) is 0 Å². The quantitative estimate of drug-likeness (QED) is 0.165. The lowest BCUT2D eigenvalue weighted by Gasteiger charge is -2.35. The largest absolute Gasteiger partial charge is 0.456 e. The summed E-state index contributed by atoms with van der Waals surface area (Å²) < 4.78 is 6.76. The van der Waals surface area contributed by atoms with E-state index >= 15 is 0 Å². The molecular weight excluding hydrogens is 895 g/mol. The van der Waals surface area contributed by atoms with Crippen LogP contribution in [0.2, 0.25) is 0 Å². The molecular formula is C72H45NO. The van der Waals surface area contributed by atoms with Gasteiger partial charge in [0.15, 0.2) is 0 Å². The Morgan fingerprint density at radius 3 is 1.24 bits per heavy atom. The van der Waals surface area contributed by atoms with Gasteiger partial charge in [-0.3, -0.25) is 0 Å². The van der Waals surface area contributed by atoms with E-state index in [2.05, 4.69) is 278 Å². The molecule has 0 N–H and O–H groups in total. The van der Waals surface area contributed by atoms with E-state index in [4.69, 9.17) is 4.42 Å². The second kappa shape index (κ2) is 15.5. The Morgan fingerprint density at radius 2 is 0.689 bits per heavy atom. The summed E-state index contributed by atoms with van der Waals surface area (Å²) in [5, 5.41) is 4.57. The average molecular weight is 940 g/mol. The molecule has 0 atom stereocenters. The summed E-state index contributed by atoms with van der Waals surface area (Å²) in [5.41, 5.74) is 24.1. The SMILES string of the molecule is c1ccc(C2(c3ccccc3)c3ccccc3-c3ccc(N(c4ccc5c(c4)C4(c6ccccc6-c6ccccc64)c4ccccc4-5)c4ccccc4-c4cccc5oc6cc7ccccc7cc6c45)cc32)cc1. The molecule has 2 heteroatoms. The number of para-hydroxylation sites is 1. The number of fused-ring (bicyclic) bond motifs is 17. The van der Waals surface area contributed by atoms with Gasteiger partial charge >= 0.3 is 0 Å². The topological polar surface area (TPSA) is 16.4 Å². The molecule has 3 aliphatic carbocycles. The highest BCUT2D eigenvalue weighted by Gasteiger charge is 2.52. The molecule has 1 aromatic heterocycles. The van der Waals surface area contributed by atoms with Crippen molar-refractivity contribution in [1.29, 1.82) is 0 Å². The molecule has 1 heterocycles. The van der Waals surface area contributed by atoms with Crippen molar-refractivity contribution in [2.24, 2.45) is 0 Å². The lowest BCUT2D eigenvalue weighted by Crippen LogP contribution is -2.28. The summed E-state index contributed by atoms with van der Waals surface area (Å²) in [6.07, 6.45) is 0. The molecule has 0 aliphatic heterocycles. The maximum absolute atomic E-state index is 6.76. The molecule has 0 fully saturated rings. The van der Waals surface area contributed by atoms with Crippen LogP contribution in [0, 0.1) is 0 Å². The monoisotopic (exact) mass is 939 g/mol. The van der Waals surface area contributed by atoms with Crippen LogP contribution in [0.3, 0.4) is 0 Å². The van der Waals surface area contributed by atoms with Gasteiger partial charge in [0, 0.05) is 27.7 Å². The van der Waals surface area contributed by atoms with Gasteiger partial charge in [0.1, 0.15) is 11.2 Å². The first-order valence-electron chi connectivity index (χ1n) is 25.7. The minimum Gasteiger partial charge on any atom is -0.456 e. The molecule has 0 saturated heterocycles. The van der Waals surface area contributed by atoms with Crippen molar-refractivity contribution in [3.63, 3.8) is 0 Å². The number of hydrogen-bond acceptors (Lipinski definition) is 2. The zero-order valence-electron chi connectivity index (χ0n) is 40.3. The van der Waals surface area contributed by atoms with Gasteiger partial charge in [-0.15, -0.1) is 0 Å². The number of hydrogen-bond donors (Lipinski definition) is 0. The lowest BCUT2D eigenvalue weighted by molar-refractivity contribution is 0.669. The second-order valence-electron chi connectivity index (χ2n) is 20.2. The predicted molar refractivity (Wildman–Crippen MR) is 305 cm³/mol. The maximum Gasteiger partial charge on any atom is 0.136 e. The van der Waals surface area contributed by atoms with Crippen molar-refractivity contribution in [1.82, 2.24) is 0 Å². The molecule has 2 nitrogen and oxygen atoms in total. The molecule has 12 aromatic carbocycles. The molecule has 3 aliphatic rings. The van der Waals surface area contributed by atoms with E-state index in [9.17, 15) is 0 Å². The molecule has 16 rings (SSSR count). The Hall–Kier alpha value is -9.50. The highest BCUT2D eigenvalue weighted by Crippen LogP contribution is 2.64. The average Bonchev–Trinajstić information content (AvgIpc) is 4.18. The Kier molecular flexibility index (Phi) is 8.62. The standard InChI is InChI=1S/C72H45NO/c1-3-22-48(23-4-1)71(49-24-5-2-6-25-49)61-32-14-9-28-54(61)56-40-38-50(44-65(56)71)73(67-36-18-13-30-58(67)59-31-19-37-68-70(59)60-42-46-20-7-8-21-47(46)43-69(60)74-68)51-39-41-57-55-29-12-17-35-64(55)72(66(57)45-51)62-33-15-10-26-52(62)53-27-11-16-34-63(53)72/h1-45H. The lowest BCUT2D eigenvalue weighted by atomic mass is 9.67. The zero-order chi connectivity index (χ0) is 48.5. The molecule has 0 amide bonds. The summed E-state index contributed by atoms with van der Waals surface area (Å²) in [6.45, 7) is 0. The number of anilines is 3. The van der Waals surface area contributed by atoms with Gasteiger partial charge in [-0.25, -0.2) is 0 Å². The molecule has 0 radical (unpaired) electrons. The smallest absolute Gasteiger partial charge is 0.136 e. The summed E-state index contributed by atoms with van der Waals surface area (Å²) in [6, 6.07) is 102. The van der Waals surface area contributed by atoms with Crippen LogP contribution in [0.15, 0.2) is 277 Å². The van der Waals surface area contributed by atoms with Gasteiger partial charge in [-0.05, 0) is 143 Å². The molecule has 0 unspecified atom stereocenters. The first-order chi connectivity index (χ1) is 36.7. The fraction of sp³-hybridized carbons (Fsp3) is 0.0278. The molecule has 0 bridgehead atoms. The van der Waals surface area contributed by atoms with Crippen molar-refractivity contribution in [3.05, 3.63) is 317 Å². The molecule has 13 aromatic rings. The Balaban J connectivity index is 1.00. The number of nitrogens with zero attached hydrogens (tertiary/aromatic N) is 1. The van der Waals surface area contributed by atoms with E-state index in [0.717, 1.165) is 55.5 Å². The van der Waals surface area contributed by atoms with Gasteiger partial charge in [0.05, 0.1) is 16.5 Å². The van der Waals surface area contributed by atoms with E-state index in [1.54, 1.807) is 0 Å². The Labute approximate surface area is 429 Å². The van der Waals surface area contributed by atoms with Gasteiger partial charge in [0.25, 0.3) is 0 Å². The van der Waals surface area contributed by atoms with Gasteiger partial charge in [-0.1, -0.05) is 224 Å². The van der Waals surface area contributed by atoms with Crippen LogP contribution in [0.1, 0.15) is 44.5 Å². The van der Waals surface area contributed by atoms with Crippen LogP contribution < -0.4 is 4.90 Å². The first-order valence-corrected chi connectivity index (χ1v) is 25.7. The van der Waals surface area contributed by atoms with Crippen molar-refractivity contribution in [2.45, 2.75) is 10.8 Å². The first kappa shape index (κ1) is 41.2. The highest BCUT2D eigenvalue weighted by molar-refractivity contribution is 6.17. The van der Waals surface area contributed by atoms with Crippen LogP contribution >= 0.6 is 0 Å². The number of rotatable bonds is 6. The van der Waals surface area contributed by atoms with E-state index < -0.39 is 10.8 Å². The summed E-state index contributed by atoms with van der Waals surface area (Å²) in [5.74, 6) is 0. The summed E-state index contributed by atoms with van der Waals surface area (Å²) >= 11 is 0. The van der Waals surface area contributed by atoms with E-state index in [-0.39, 0.29) is 0 Å². The minimum atomic E-state index is -0.583. The Bertz CT molecular complexity index is 4240. The molecule has 0 saturated carbocycles.